The number of fused-ring (bicyclic) bond motifs is 1. The van der Waals surface area contributed by atoms with Gasteiger partial charge in [-0.05, 0) is 30.2 Å². The highest BCUT2D eigenvalue weighted by molar-refractivity contribution is 7.19. The molecule has 0 spiro atoms. The summed E-state index contributed by atoms with van der Waals surface area (Å²) in [6.07, 6.45) is 0. The molecule has 1 N–H and O–H groups in total. The number of hydrogen-bond acceptors (Lipinski definition) is 4. The third-order valence-electron chi connectivity index (χ3n) is 4.47. The molecule has 0 unspecified atom stereocenters. The molecule has 2 heterocycles. The molecule has 0 bridgehead atoms. The van der Waals surface area contributed by atoms with Crippen LogP contribution in [-0.4, -0.2) is 9.55 Å². The molecule has 132 valence electrons. The number of nitrogens with one attached hydrogen (secondary N) is 1. The van der Waals surface area contributed by atoms with Crippen molar-refractivity contribution in [1.29, 1.82) is 5.26 Å². The number of aromatic amines is 1. The van der Waals surface area contributed by atoms with E-state index in [0.29, 0.717) is 15.8 Å². The molecule has 5 nitrogen and oxygen atoms in total. The van der Waals surface area contributed by atoms with Crippen molar-refractivity contribution in [2.24, 2.45) is 0 Å². The van der Waals surface area contributed by atoms with Crippen LogP contribution in [0.1, 0.15) is 16.0 Å². The van der Waals surface area contributed by atoms with Crippen LogP contribution in [0.25, 0.3) is 21.3 Å². The van der Waals surface area contributed by atoms with Gasteiger partial charge in [0.1, 0.15) is 4.83 Å². The largest absolute Gasteiger partial charge is 0.329 e. The third-order valence-corrected chi connectivity index (χ3v) is 5.49. The fraction of sp³-hybridized carbons (Fsp3) is 0.0952. The minimum absolute atomic E-state index is 0.114. The van der Waals surface area contributed by atoms with Gasteiger partial charge in [0.25, 0.3) is 5.56 Å². The van der Waals surface area contributed by atoms with Crippen molar-refractivity contribution in [2.45, 2.75) is 13.5 Å². The zero-order valence-corrected chi connectivity index (χ0v) is 15.3. The fourth-order valence-electron chi connectivity index (χ4n) is 3.25. The highest BCUT2D eigenvalue weighted by Gasteiger charge is 2.18. The maximum absolute atomic E-state index is 13.2. The minimum Gasteiger partial charge on any atom is -0.298 e. The van der Waals surface area contributed by atoms with Gasteiger partial charge in [0.05, 0.1) is 23.6 Å². The minimum atomic E-state index is -0.448. The van der Waals surface area contributed by atoms with Crippen molar-refractivity contribution < 1.29 is 0 Å². The second-order valence-electron chi connectivity index (χ2n) is 6.24. The highest BCUT2D eigenvalue weighted by Crippen LogP contribution is 2.34. The maximum atomic E-state index is 13.2. The standard InChI is InChI=1S/C21H15N3O2S/c1-13-17(16-8-3-2-4-9-16)18-19(27-13)23-21(26)24(20(18)25)12-15-7-5-6-14(10-15)11-22/h2-10H,12H2,1H3,(H,23,26). The quantitative estimate of drug-likeness (QED) is 0.595. The van der Waals surface area contributed by atoms with Crippen molar-refractivity contribution in [2.75, 3.05) is 0 Å². The molecule has 0 aliphatic rings. The second kappa shape index (κ2) is 6.71. The Morgan fingerprint density at radius 2 is 1.89 bits per heavy atom. The van der Waals surface area contributed by atoms with E-state index in [4.69, 9.17) is 5.26 Å². The molecule has 0 saturated heterocycles. The zero-order valence-electron chi connectivity index (χ0n) is 14.5. The van der Waals surface area contributed by atoms with Gasteiger partial charge in [-0.2, -0.15) is 5.26 Å². The molecule has 0 amide bonds. The lowest BCUT2D eigenvalue weighted by atomic mass is 10.0. The molecule has 0 aliphatic heterocycles. The number of nitriles is 1. The van der Waals surface area contributed by atoms with Crippen molar-refractivity contribution in [3.05, 3.63) is 91.4 Å². The summed E-state index contributed by atoms with van der Waals surface area (Å²) >= 11 is 1.41. The van der Waals surface area contributed by atoms with Crippen LogP contribution in [-0.2, 0) is 6.54 Å². The first-order valence-electron chi connectivity index (χ1n) is 8.39. The van der Waals surface area contributed by atoms with Crippen LogP contribution in [0.15, 0.2) is 64.2 Å². The van der Waals surface area contributed by atoms with Gasteiger partial charge in [0.2, 0.25) is 0 Å². The van der Waals surface area contributed by atoms with Crippen LogP contribution in [0, 0.1) is 18.3 Å². The van der Waals surface area contributed by atoms with Gasteiger partial charge in [0.15, 0.2) is 0 Å². The average molecular weight is 373 g/mol. The Hall–Kier alpha value is -3.43. The summed E-state index contributed by atoms with van der Waals surface area (Å²) in [6.45, 7) is 2.06. The summed E-state index contributed by atoms with van der Waals surface area (Å²) in [7, 11) is 0. The lowest BCUT2D eigenvalue weighted by Crippen LogP contribution is -2.35. The fourth-order valence-corrected chi connectivity index (χ4v) is 4.30. The SMILES string of the molecule is Cc1sc2[nH]c(=O)n(Cc3cccc(C#N)c3)c(=O)c2c1-c1ccccc1. The predicted octanol–water partition coefficient (Wildman–Crippen LogP) is 3.65. The predicted molar refractivity (Wildman–Crippen MR) is 107 cm³/mol. The van der Waals surface area contributed by atoms with Gasteiger partial charge >= 0.3 is 5.69 Å². The third kappa shape index (κ3) is 2.98. The van der Waals surface area contributed by atoms with Crippen molar-refractivity contribution in [3.8, 4) is 17.2 Å². The number of aromatic nitrogens is 2. The Balaban J connectivity index is 1.94. The van der Waals surface area contributed by atoms with Crippen LogP contribution in [0.5, 0.6) is 0 Å². The van der Waals surface area contributed by atoms with Crippen LogP contribution in [0.3, 0.4) is 0 Å². The summed E-state index contributed by atoms with van der Waals surface area (Å²) in [5.74, 6) is 0. The highest BCUT2D eigenvalue weighted by atomic mass is 32.1. The number of H-pyrrole nitrogens is 1. The molecule has 4 rings (SSSR count). The zero-order chi connectivity index (χ0) is 19.0. The van der Waals surface area contributed by atoms with E-state index in [2.05, 4.69) is 11.1 Å². The van der Waals surface area contributed by atoms with Gasteiger partial charge in [-0.3, -0.25) is 14.3 Å². The number of nitrogens with zero attached hydrogens (tertiary/aromatic N) is 2. The molecule has 2 aromatic heterocycles. The number of hydrogen-bond donors (Lipinski definition) is 1. The van der Waals surface area contributed by atoms with Crippen LogP contribution >= 0.6 is 11.3 Å². The van der Waals surface area contributed by atoms with E-state index in [-0.39, 0.29) is 12.1 Å². The van der Waals surface area contributed by atoms with Crippen molar-refractivity contribution in [1.82, 2.24) is 9.55 Å². The summed E-state index contributed by atoms with van der Waals surface area (Å²) in [5.41, 5.74) is 2.26. The normalized spacial score (nSPS) is 10.8. The Kier molecular flexibility index (Phi) is 4.22. The smallest absolute Gasteiger partial charge is 0.298 e. The molecule has 0 atom stereocenters. The van der Waals surface area contributed by atoms with E-state index in [0.717, 1.165) is 21.6 Å². The van der Waals surface area contributed by atoms with Gasteiger partial charge < -0.3 is 0 Å². The first kappa shape index (κ1) is 17.0. The molecule has 0 radical (unpaired) electrons. The molecular weight excluding hydrogens is 358 g/mol. The molecule has 0 aliphatic carbocycles. The van der Waals surface area contributed by atoms with E-state index < -0.39 is 5.69 Å². The second-order valence-corrected chi connectivity index (χ2v) is 7.46. The van der Waals surface area contributed by atoms with Crippen molar-refractivity contribution in [3.63, 3.8) is 0 Å². The molecule has 0 saturated carbocycles. The Morgan fingerprint density at radius 3 is 2.63 bits per heavy atom. The Morgan fingerprint density at radius 1 is 1.11 bits per heavy atom. The first-order valence-corrected chi connectivity index (χ1v) is 9.21. The first-order chi connectivity index (χ1) is 13.1. The lowest BCUT2D eigenvalue weighted by molar-refractivity contribution is 0.713. The average Bonchev–Trinajstić information content (AvgIpc) is 3.01. The van der Waals surface area contributed by atoms with Gasteiger partial charge in [-0.15, -0.1) is 11.3 Å². The molecule has 2 aromatic carbocycles. The molecule has 0 fully saturated rings. The number of thiophene rings is 1. The molecule has 4 aromatic rings. The Labute approximate surface area is 158 Å². The lowest BCUT2D eigenvalue weighted by Gasteiger charge is -2.07. The van der Waals surface area contributed by atoms with E-state index in [1.165, 1.54) is 15.9 Å². The number of rotatable bonds is 3. The maximum Gasteiger partial charge on any atom is 0.329 e. The molecule has 6 heteroatoms. The number of benzene rings is 2. The number of aryl methyl sites for hydroxylation is 1. The summed E-state index contributed by atoms with van der Waals surface area (Å²) in [5, 5.41) is 9.59. The van der Waals surface area contributed by atoms with Crippen LogP contribution in [0.2, 0.25) is 0 Å². The van der Waals surface area contributed by atoms with Gasteiger partial charge in [-0.25, -0.2) is 4.79 Å². The monoisotopic (exact) mass is 373 g/mol. The summed E-state index contributed by atoms with van der Waals surface area (Å²) in [6, 6.07) is 18.7. The van der Waals surface area contributed by atoms with Crippen molar-refractivity contribution >= 4 is 21.6 Å². The van der Waals surface area contributed by atoms with Gasteiger partial charge in [-0.1, -0.05) is 42.5 Å². The van der Waals surface area contributed by atoms with Gasteiger partial charge in [0, 0.05) is 10.4 Å². The van der Waals surface area contributed by atoms with E-state index >= 15 is 0 Å². The van der Waals surface area contributed by atoms with Crippen LogP contribution in [0.4, 0.5) is 0 Å². The van der Waals surface area contributed by atoms with E-state index in [1.807, 2.05) is 37.3 Å². The topological polar surface area (TPSA) is 78.7 Å². The molecule has 27 heavy (non-hydrogen) atoms. The van der Waals surface area contributed by atoms with E-state index in [1.54, 1.807) is 24.3 Å². The molecular formula is C21H15N3O2S. The van der Waals surface area contributed by atoms with Crippen LogP contribution < -0.4 is 11.2 Å². The summed E-state index contributed by atoms with van der Waals surface area (Å²) in [4.78, 5) is 30.1. The Bertz CT molecular complexity index is 1310. The van der Waals surface area contributed by atoms with E-state index in [9.17, 15) is 9.59 Å². The summed E-state index contributed by atoms with van der Waals surface area (Å²) < 4.78 is 1.19.